The number of nitrogens with one attached hydrogen (secondary N) is 2. The molecule has 0 bridgehead atoms. The molecule has 0 radical (unpaired) electrons. The van der Waals surface area contributed by atoms with Crippen molar-refractivity contribution in [2.45, 2.75) is 37.8 Å². The van der Waals surface area contributed by atoms with Crippen molar-refractivity contribution in [3.05, 3.63) is 60.1 Å². The number of guanidine groups is 1. The molecule has 0 saturated heterocycles. The van der Waals surface area contributed by atoms with Crippen LogP contribution in [0.4, 0.5) is 0 Å². The fourth-order valence-corrected chi connectivity index (χ4v) is 2.81. The van der Waals surface area contributed by atoms with Crippen molar-refractivity contribution < 1.29 is 9.52 Å². The zero-order valence-electron chi connectivity index (χ0n) is 14.6. The van der Waals surface area contributed by atoms with Gasteiger partial charge in [0.15, 0.2) is 5.96 Å². The van der Waals surface area contributed by atoms with Crippen molar-refractivity contribution in [2.24, 2.45) is 4.99 Å². The maximum Gasteiger partial charge on any atom is 0.191 e. The van der Waals surface area contributed by atoms with Crippen LogP contribution in [0, 0.1) is 0 Å². The van der Waals surface area contributed by atoms with E-state index in [4.69, 9.17) is 4.42 Å². The van der Waals surface area contributed by atoms with Crippen LogP contribution in [-0.4, -0.2) is 30.2 Å². The summed E-state index contributed by atoms with van der Waals surface area (Å²) in [5.41, 5.74) is 0.238. The molecule has 3 unspecified atom stereocenters. The molecule has 1 aliphatic carbocycles. The Hall–Kier alpha value is -1.54. The van der Waals surface area contributed by atoms with E-state index < -0.39 is 5.60 Å². The summed E-state index contributed by atoms with van der Waals surface area (Å²) in [4.78, 5) is 4.53. The molecule has 3 N–H and O–H groups in total. The van der Waals surface area contributed by atoms with Crippen LogP contribution in [0.1, 0.15) is 37.5 Å². The molecular weight excluding hydrogens is 429 g/mol. The highest BCUT2D eigenvalue weighted by molar-refractivity contribution is 14.0. The van der Waals surface area contributed by atoms with Crippen molar-refractivity contribution in [3.8, 4) is 0 Å². The van der Waals surface area contributed by atoms with Crippen LogP contribution in [0.5, 0.6) is 0 Å². The molecule has 1 aromatic carbocycles. The largest absolute Gasteiger partial charge is 0.466 e. The Kier molecular flexibility index (Phi) is 6.89. The van der Waals surface area contributed by atoms with Gasteiger partial charge in [0.1, 0.15) is 11.4 Å². The summed E-state index contributed by atoms with van der Waals surface area (Å²) in [5.74, 6) is 1.78. The first-order chi connectivity index (χ1) is 11.6. The van der Waals surface area contributed by atoms with E-state index in [2.05, 4.69) is 39.9 Å². The molecule has 25 heavy (non-hydrogen) atoms. The van der Waals surface area contributed by atoms with Gasteiger partial charge < -0.3 is 20.2 Å². The minimum absolute atomic E-state index is 0. The second-order valence-electron chi connectivity index (χ2n) is 6.45. The molecule has 136 valence electrons. The SMILES string of the molecule is CCNC(=NCC(C)(O)c1ccco1)NC1CC1c1ccccc1.I. The number of furan rings is 1. The van der Waals surface area contributed by atoms with E-state index >= 15 is 0 Å². The molecule has 1 aromatic heterocycles. The summed E-state index contributed by atoms with van der Waals surface area (Å²) in [6.07, 6.45) is 2.66. The third kappa shape index (κ3) is 5.22. The first kappa shape index (κ1) is 19.8. The van der Waals surface area contributed by atoms with E-state index in [0.717, 1.165) is 18.9 Å². The van der Waals surface area contributed by atoms with Crippen LogP contribution in [-0.2, 0) is 5.60 Å². The Labute approximate surface area is 165 Å². The summed E-state index contributed by atoms with van der Waals surface area (Å²) >= 11 is 0. The van der Waals surface area contributed by atoms with E-state index in [1.807, 2.05) is 13.0 Å². The van der Waals surface area contributed by atoms with Gasteiger partial charge in [-0.15, -0.1) is 24.0 Å². The monoisotopic (exact) mass is 455 g/mol. The Morgan fingerprint density at radius 3 is 2.68 bits per heavy atom. The average Bonchev–Trinajstić information content (AvgIpc) is 3.11. The van der Waals surface area contributed by atoms with E-state index in [1.54, 1.807) is 25.3 Å². The van der Waals surface area contributed by atoms with Gasteiger partial charge >= 0.3 is 0 Å². The van der Waals surface area contributed by atoms with Gasteiger partial charge in [0.05, 0.1) is 12.8 Å². The van der Waals surface area contributed by atoms with Gasteiger partial charge in [0.2, 0.25) is 0 Å². The predicted octanol–water partition coefficient (Wildman–Crippen LogP) is 3.22. The highest BCUT2D eigenvalue weighted by Gasteiger charge is 2.39. The van der Waals surface area contributed by atoms with Crippen molar-refractivity contribution >= 4 is 29.9 Å². The molecule has 1 saturated carbocycles. The maximum atomic E-state index is 10.5. The lowest BCUT2D eigenvalue weighted by Gasteiger charge is -2.19. The van der Waals surface area contributed by atoms with Gasteiger partial charge in [0, 0.05) is 18.5 Å². The van der Waals surface area contributed by atoms with Gasteiger partial charge in [-0.25, -0.2) is 4.99 Å². The second-order valence-corrected chi connectivity index (χ2v) is 6.45. The molecular formula is C19H26IN3O2. The van der Waals surface area contributed by atoms with E-state index in [9.17, 15) is 5.11 Å². The Morgan fingerprint density at radius 1 is 1.28 bits per heavy atom. The molecule has 1 aliphatic rings. The van der Waals surface area contributed by atoms with Gasteiger partial charge in [-0.3, -0.25) is 0 Å². The van der Waals surface area contributed by atoms with E-state index in [-0.39, 0.29) is 30.5 Å². The molecule has 1 fully saturated rings. The number of aliphatic hydroxyl groups is 1. The zero-order valence-corrected chi connectivity index (χ0v) is 16.9. The summed E-state index contributed by atoms with van der Waals surface area (Å²) < 4.78 is 5.30. The lowest BCUT2D eigenvalue weighted by Crippen LogP contribution is -2.40. The first-order valence-corrected chi connectivity index (χ1v) is 8.46. The van der Waals surface area contributed by atoms with Crippen LogP contribution in [0.15, 0.2) is 58.1 Å². The summed E-state index contributed by atoms with van der Waals surface area (Å²) in [7, 11) is 0. The minimum atomic E-state index is -1.12. The van der Waals surface area contributed by atoms with E-state index in [0.29, 0.717) is 17.7 Å². The molecule has 0 amide bonds. The standard InChI is InChI=1S/C19H25N3O2.HI/c1-3-20-18(21-13-19(2,23)17-10-7-11-24-17)22-16-12-15(16)14-8-5-4-6-9-14;/h4-11,15-16,23H,3,12-13H2,1-2H3,(H2,20,21,22);1H. The van der Waals surface area contributed by atoms with Crippen LogP contribution in [0.2, 0.25) is 0 Å². The van der Waals surface area contributed by atoms with Gasteiger partial charge in [-0.1, -0.05) is 30.3 Å². The molecule has 3 atom stereocenters. The molecule has 0 aliphatic heterocycles. The number of halogens is 1. The number of rotatable bonds is 6. The van der Waals surface area contributed by atoms with Gasteiger partial charge in [-0.05, 0) is 38.0 Å². The van der Waals surface area contributed by atoms with Crippen LogP contribution >= 0.6 is 24.0 Å². The molecule has 0 spiro atoms. The fraction of sp³-hybridized carbons (Fsp3) is 0.421. The molecule has 2 aromatic rings. The Balaban J connectivity index is 0.00000225. The highest BCUT2D eigenvalue weighted by Crippen LogP contribution is 2.40. The maximum absolute atomic E-state index is 10.5. The average molecular weight is 455 g/mol. The van der Waals surface area contributed by atoms with Gasteiger partial charge in [-0.2, -0.15) is 0 Å². The number of hydrogen-bond acceptors (Lipinski definition) is 3. The van der Waals surface area contributed by atoms with Gasteiger partial charge in [0.25, 0.3) is 0 Å². The highest BCUT2D eigenvalue weighted by atomic mass is 127. The predicted molar refractivity (Wildman–Crippen MR) is 110 cm³/mol. The first-order valence-electron chi connectivity index (χ1n) is 8.46. The lowest BCUT2D eigenvalue weighted by atomic mass is 10.0. The number of aliphatic imine (C=N–C) groups is 1. The Morgan fingerprint density at radius 2 is 2.04 bits per heavy atom. The topological polar surface area (TPSA) is 69.8 Å². The molecule has 3 rings (SSSR count). The van der Waals surface area contributed by atoms with E-state index in [1.165, 1.54) is 5.56 Å². The minimum Gasteiger partial charge on any atom is -0.466 e. The van der Waals surface area contributed by atoms with Crippen LogP contribution in [0.3, 0.4) is 0 Å². The van der Waals surface area contributed by atoms with Crippen LogP contribution in [0.25, 0.3) is 0 Å². The number of nitrogens with zero attached hydrogens (tertiary/aromatic N) is 1. The third-order valence-electron chi connectivity index (χ3n) is 4.28. The second kappa shape index (κ2) is 8.71. The third-order valence-corrected chi connectivity index (χ3v) is 4.28. The van der Waals surface area contributed by atoms with Crippen molar-refractivity contribution in [1.29, 1.82) is 0 Å². The summed E-state index contributed by atoms with van der Waals surface area (Å²) in [6.45, 7) is 4.75. The summed E-state index contributed by atoms with van der Waals surface area (Å²) in [5, 5.41) is 17.2. The molecule has 1 heterocycles. The summed E-state index contributed by atoms with van der Waals surface area (Å²) in [6, 6.07) is 14.4. The number of benzene rings is 1. The smallest absolute Gasteiger partial charge is 0.191 e. The van der Waals surface area contributed by atoms with Crippen molar-refractivity contribution in [1.82, 2.24) is 10.6 Å². The Bertz CT molecular complexity index is 671. The molecule has 5 nitrogen and oxygen atoms in total. The quantitative estimate of drug-likeness (QED) is 0.356. The fourth-order valence-electron chi connectivity index (χ4n) is 2.81. The van der Waals surface area contributed by atoms with Crippen molar-refractivity contribution in [2.75, 3.05) is 13.1 Å². The normalized spacial score (nSPS) is 21.8. The molecule has 6 heteroatoms. The number of hydrogen-bond donors (Lipinski definition) is 3. The zero-order chi connectivity index (χ0) is 17.0. The van der Waals surface area contributed by atoms with Crippen LogP contribution < -0.4 is 10.6 Å². The van der Waals surface area contributed by atoms with Crippen molar-refractivity contribution in [3.63, 3.8) is 0 Å². The lowest BCUT2D eigenvalue weighted by molar-refractivity contribution is 0.0437.